The largest absolute Gasteiger partial charge is 0.380 e. The quantitative estimate of drug-likeness (QED) is 0.507. The summed E-state index contributed by atoms with van der Waals surface area (Å²) in [4.78, 5) is 0. The van der Waals surface area contributed by atoms with E-state index in [1.54, 1.807) is 6.92 Å². The van der Waals surface area contributed by atoms with Gasteiger partial charge in [-0.1, -0.05) is 0 Å². The molecule has 2 nitrogen and oxygen atoms in total. The Morgan fingerprint density at radius 2 is 1.35 bits per heavy atom. The third kappa shape index (κ3) is 2.66. The summed E-state index contributed by atoms with van der Waals surface area (Å²) in [6, 6.07) is 0. The maximum atomic E-state index is 13.1. The molecule has 0 saturated carbocycles. The number of hydrogen-bond acceptors (Lipinski definition) is 2. The zero-order chi connectivity index (χ0) is 13.2. The minimum atomic E-state index is -2.18. The van der Waals surface area contributed by atoms with E-state index in [1.165, 1.54) is 7.11 Å². The first-order valence-electron chi connectivity index (χ1n) is 4.68. The highest BCUT2D eigenvalue weighted by molar-refractivity contribution is 5.47. The first kappa shape index (κ1) is 13.7. The Morgan fingerprint density at radius 3 is 1.76 bits per heavy atom. The van der Waals surface area contributed by atoms with E-state index in [1.807, 2.05) is 0 Å². The van der Waals surface area contributed by atoms with Crippen molar-refractivity contribution in [3.63, 3.8) is 0 Å². The van der Waals surface area contributed by atoms with Gasteiger partial charge in [-0.25, -0.2) is 22.0 Å². The average Bonchev–Trinajstić information content (AvgIpc) is 2.33. The Kier molecular flexibility index (Phi) is 4.28. The van der Waals surface area contributed by atoms with Gasteiger partial charge in [0.15, 0.2) is 23.3 Å². The minimum absolute atomic E-state index is 0.0884. The predicted molar refractivity (Wildman–Crippen MR) is 51.2 cm³/mol. The van der Waals surface area contributed by atoms with Crippen molar-refractivity contribution in [1.29, 1.82) is 0 Å². The van der Waals surface area contributed by atoms with Crippen LogP contribution in [0.3, 0.4) is 0 Å². The first-order valence-corrected chi connectivity index (χ1v) is 4.68. The second-order valence-corrected chi connectivity index (χ2v) is 3.37. The first-order chi connectivity index (χ1) is 7.90. The van der Waals surface area contributed by atoms with Crippen molar-refractivity contribution in [2.24, 2.45) is 0 Å². The molecule has 7 heteroatoms. The van der Waals surface area contributed by atoms with E-state index in [4.69, 9.17) is 4.74 Å². The van der Waals surface area contributed by atoms with E-state index in [0.717, 1.165) is 0 Å². The van der Waals surface area contributed by atoms with Crippen LogP contribution >= 0.6 is 0 Å². The standard InChI is InChI=1S/C10H10F5NO/c1-4(17-2)3-16-10-8(14)6(12)5(11)7(13)9(10)15/h4,16H,3H2,1-2H3. The third-order valence-corrected chi connectivity index (χ3v) is 2.18. The molecular weight excluding hydrogens is 245 g/mol. The monoisotopic (exact) mass is 255 g/mol. The lowest BCUT2D eigenvalue weighted by Crippen LogP contribution is -2.20. The molecule has 0 bridgehead atoms. The van der Waals surface area contributed by atoms with E-state index < -0.39 is 40.9 Å². The van der Waals surface area contributed by atoms with Crippen LogP contribution in [0.4, 0.5) is 27.6 Å². The summed E-state index contributed by atoms with van der Waals surface area (Å²) in [6.45, 7) is 1.48. The Bertz CT molecular complexity index is 395. The van der Waals surface area contributed by atoms with Gasteiger partial charge in [-0.2, -0.15) is 0 Å². The van der Waals surface area contributed by atoms with E-state index in [2.05, 4.69) is 5.32 Å². The van der Waals surface area contributed by atoms with E-state index in [9.17, 15) is 22.0 Å². The van der Waals surface area contributed by atoms with Gasteiger partial charge in [0.1, 0.15) is 5.69 Å². The van der Waals surface area contributed by atoms with Crippen molar-refractivity contribution in [3.8, 4) is 0 Å². The average molecular weight is 255 g/mol. The lowest BCUT2D eigenvalue weighted by atomic mass is 10.2. The molecule has 0 aliphatic rings. The molecule has 1 atom stereocenters. The van der Waals surface area contributed by atoms with Gasteiger partial charge in [0.25, 0.3) is 0 Å². The summed E-state index contributed by atoms with van der Waals surface area (Å²) in [6.07, 6.45) is -0.440. The Hall–Kier alpha value is -1.37. The number of hydrogen-bond donors (Lipinski definition) is 1. The minimum Gasteiger partial charge on any atom is -0.380 e. The second-order valence-electron chi connectivity index (χ2n) is 3.37. The van der Waals surface area contributed by atoms with Gasteiger partial charge in [-0.05, 0) is 6.92 Å². The summed E-state index contributed by atoms with van der Waals surface area (Å²) >= 11 is 0. The molecule has 0 saturated heterocycles. The molecule has 1 aromatic rings. The van der Waals surface area contributed by atoms with E-state index >= 15 is 0 Å². The van der Waals surface area contributed by atoms with Crippen LogP contribution in [0.1, 0.15) is 6.92 Å². The molecular formula is C10H10F5NO. The number of methoxy groups -OCH3 is 1. The number of anilines is 1. The van der Waals surface area contributed by atoms with E-state index in [0.29, 0.717) is 0 Å². The van der Waals surface area contributed by atoms with Gasteiger partial charge in [0.2, 0.25) is 5.82 Å². The normalized spacial score (nSPS) is 12.6. The van der Waals surface area contributed by atoms with Crippen LogP contribution in [0.5, 0.6) is 0 Å². The van der Waals surface area contributed by atoms with Gasteiger partial charge >= 0.3 is 0 Å². The highest BCUT2D eigenvalue weighted by Crippen LogP contribution is 2.26. The lowest BCUT2D eigenvalue weighted by molar-refractivity contribution is 0.128. The van der Waals surface area contributed by atoms with Crippen LogP contribution in [-0.4, -0.2) is 19.8 Å². The van der Waals surface area contributed by atoms with Crippen molar-refractivity contribution < 1.29 is 26.7 Å². The van der Waals surface area contributed by atoms with Gasteiger partial charge in [-0.3, -0.25) is 0 Å². The van der Waals surface area contributed by atoms with Crippen molar-refractivity contribution in [1.82, 2.24) is 0 Å². The third-order valence-electron chi connectivity index (χ3n) is 2.18. The summed E-state index contributed by atoms with van der Waals surface area (Å²) < 4.78 is 69.3. The summed E-state index contributed by atoms with van der Waals surface area (Å²) in [5, 5.41) is 2.12. The number of halogens is 5. The highest BCUT2D eigenvalue weighted by atomic mass is 19.2. The highest BCUT2D eigenvalue weighted by Gasteiger charge is 2.25. The Morgan fingerprint density at radius 1 is 0.941 bits per heavy atom. The van der Waals surface area contributed by atoms with E-state index in [-0.39, 0.29) is 6.54 Å². The summed E-state index contributed by atoms with van der Waals surface area (Å²) in [5.41, 5.74) is -1.05. The zero-order valence-corrected chi connectivity index (χ0v) is 9.08. The molecule has 0 aliphatic heterocycles. The SMILES string of the molecule is COC(C)CNc1c(F)c(F)c(F)c(F)c1F. The van der Waals surface area contributed by atoms with Crippen LogP contribution in [-0.2, 0) is 4.74 Å². The van der Waals surface area contributed by atoms with Gasteiger partial charge in [-0.15, -0.1) is 0 Å². The number of nitrogens with one attached hydrogen (secondary N) is 1. The van der Waals surface area contributed by atoms with Crippen molar-refractivity contribution in [2.75, 3.05) is 19.0 Å². The second kappa shape index (κ2) is 5.31. The molecule has 0 aromatic heterocycles. The van der Waals surface area contributed by atoms with Crippen molar-refractivity contribution >= 4 is 5.69 Å². The summed E-state index contributed by atoms with van der Waals surface area (Å²) in [7, 11) is 1.35. The van der Waals surface area contributed by atoms with Gasteiger partial charge < -0.3 is 10.1 Å². The number of benzene rings is 1. The smallest absolute Gasteiger partial charge is 0.200 e. The maximum absolute atomic E-state index is 13.1. The molecule has 17 heavy (non-hydrogen) atoms. The maximum Gasteiger partial charge on any atom is 0.200 e. The number of ether oxygens (including phenoxy) is 1. The summed E-state index contributed by atoms with van der Waals surface area (Å²) in [5.74, 6) is -9.90. The van der Waals surface area contributed by atoms with Crippen LogP contribution in [0.2, 0.25) is 0 Å². The predicted octanol–water partition coefficient (Wildman–Crippen LogP) is 2.83. The lowest BCUT2D eigenvalue weighted by Gasteiger charge is -2.14. The van der Waals surface area contributed by atoms with Crippen LogP contribution in [0.25, 0.3) is 0 Å². The Balaban J connectivity index is 3.07. The zero-order valence-electron chi connectivity index (χ0n) is 9.08. The Labute approximate surface area is 94.4 Å². The molecule has 1 N–H and O–H groups in total. The topological polar surface area (TPSA) is 21.3 Å². The molecule has 0 spiro atoms. The van der Waals surface area contributed by atoms with Crippen molar-refractivity contribution in [2.45, 2.75) is 13.0 Å². The fourth-order valence-corrected chi connectivity index (χ4v) is 1.09. The molecule has 1 unspecified atom stereocenters. The fraction of sp³-hybridized carbons (Fsp3) is 0.400. The molecule has 0 radical (unpaired) electrons. The molecule has 0 aliphatic carbocycles. The van der Waals surface area contributed by atoms with Crippen LogP contribution in [0.15, 0.2) is 0 Å². The molecule has 96 valence electrons. The van der Waals surface area contributed by atoms with Crippen molar-refractivity contribution in [3.05, 3.63) is 29.1 Å². The molecule has 0 heterocycles. The number of rotatable bonds is 4. The van der Waals surface area contributed by atoms with Gasteiger partial charge in [0.05, 0.1) is 6.10 Å². The molecule has 0 amide bonds. The van der Waals surface area contributed by atoms with Crippen LogP contribution < -0.4 is 5.32 Å². The fourth-order valence-electron chi connectivity index (χ4n) is 1.09. The molecule has 1 rings (SSSR count). The van der Waals surface area contributed by atoms with Crippen LogP contribution in [0, 0.1) is 29.1 Å². The van der Waals surface area contributed by atoms with Gasteiger partial charge in [0, 0.05) is 13.7 Å². The molecule has 0 fully saturated rings. The molecule has 1 aromatic carbocycles.